The number of allylic oxidation sites excluding steroid dienone is 2. The predicted octanol–water partition coefficient (Wildman–Crippen LogP) is 2.49. The third-order valence-electron chi connectivity index (χ3n) is 0.987. The summed E-state index contributed by atoms with van der Waals surface area (Å²) in [6.07, 6.45) is 2.74. The number of rotatable bonds is 0. The third-order valence-corrected chi connectivity index (χ3v) is 1.75. The van der Waals surface area contributed by atoms with E-state index in [0.29, 0.717) is 0 Å². The normalized spacial score (nSPS) is 18.0. The van der Waals surface area contributed by atoms with Crippen LogP contribution in [0.1, 0.15) is 19.8 Å². The van der Waals surface area contributed by atoms with E-state index in [1.165, 1.54) is 16.4 Å². The zero-order valence-corrected chi connectivity index (χ0v) is 5.95. The molecule has 1 aliphatic carbocycles. The minimum Gasteiger partial charge on any atom is -0.0606 e. The van der Waals surface area contributed by atoms with Crippen LogP contribution in [0, 0.1) is 0 Å². The molecule has 0 aromatic rings. The lowest BCUT2D eigenvalue weighted by molar-refractivity contribution is 1.50. The Hall–Kier alpha value is 0.470. The first kappa shape index (κ1) is 4.62. The molecule has 0 spiro atoms. The van der Waals surface area contributed by atoms with Gasteiger partial charge in [-0.2, -0.15) is 0 Å². The van der Waals surface area contributed by atoms with E-state index in [1.54, 1.807) is 5.57 Å². The van der Waals surface area contributed by atoms with Crippen LogP contribution in [0.25, 0.3) is 0 Å². The zero-order valence-electron chi connectivity index (χ0n) is 3.79. The van der Waals surface area contributed by atoms with Crippen molar-refractivity contribution >= 4 is 22.6 Å². The summed E-state index contributed by atoms with van der Waals surface area (Å²) in [5, 5.41) is 0. The lowest BCUT2D eigenvalue weighted by atomic mass is 10.5. The van der Waals surface area contributed by atoms with Crippen LogP contribution in [0.15, 0.2) is 9.15 Å². The Morgan fingerprint density at radius 2 is 2.17 bits per heavy atom. The second-order valence-electron chi connectivity index (χ2n) is 1.64. The smallest absolute Gasteiger partial charge is 0.0133 e. The van der Waals surface area contributed by atoms with Crippen molar-refractivity contribution in [2.24, 2.45) is 0 Å². The lowest BCUT2D eigenvalue weighted by Crippen LogP contribution is -1.47. The van der Waals surface area contributed by atoms with Crippen LogP contribution in [0.3, 0.4) is 0 Å². The first-order valence-electron chi connectivity index (χ1n) is 2.15. The van der Waals surface area contributed by atoms with Gasteiger partial charge in [-0.15, -0.1) is 0 Å². The van der Waals surface area contributed by atoms with Gasteiger partial charge in [-0.1, -0.05) is 5.57 Å². The summed E-state index contributed by atoms with van der Waals surface area (Å²) in [7, 11) is 0. The van der Waals surface area contributed by atoms with E-state index in [-0.39, 0.29) is 0 Å². The van der Waals surface area contributed by atoms with E-state index in [2.05, 4.69) is 29.5 Å². The van der Waals surface area contributed by atoms with Gasteiger partial charge in [-0.25, -0.2) is 0 Å². The Morgan fingerprint density at radius 1 is 1.67 bits per heavy atom. The van der Waals surface area contributed by atoms with Crippen molar-refractivity contribution in [3.8, 4) is 0 Å². The average molecular weight is 194 g/mol. The summed E-state index contributed by atoms with van der Waals surface area (Å²) in [6, 6.07) is 0. The van der Waals surface area contributed by atoms with Crippen LogP contribution < -0.4 is 0 Å². The molecular weight excluding hydrogens is 187 g/mol. The van der Waals surface area contributed by atoms with Crippen molar-refractivity contribution in [1.82, 2.24) is 0 Å². The van der Waals surface area contributed by atoms with E-state index < -0.39 is 0 Å². The summed E-state index contributed by atoms with van der Waals surface area (Å²) < 4.78 is 1.51. The monoisotopic (exact) mass is 194 g/mol. The molecule has 1 saturated carbocycles. The minimum atomic E-state index is 1.37. The Bertz CT molecular complexity index is 82.1. The first-order valence-corrected chi connectivity index (χ1v) is 3.22. The fourth-order valence-corrected chi connectivity index (χ4v) is 0.946. The molecule has 0 radical (unpaired) electrons. The standard InChI is InChI=1S/C5H7I/c1-4(6)5-2-3-5/h2-3H2,1H3. The predicted molar refractivity (Wildman–Crippen MR) is 36.0 cm³/mol. The Labute approximate surface area is 51.8 Å². The molecule has 1 fully saturated rings. The highest BCUT2D eigenvalue weighted by molar-refractivity contribution is 14.1. The first-order chi connectivity index (χ1) is 2.80. The van der Waals surface area contributed by atoms with Crippen LogP contribution >= 0.6 is 22.6 Å². The van der Waals surface area contributed by atoms with E-state index in [4.69, 9.17) is 0 Å². The Kier molecular flexibility index (Phi) is 1.17. The molecule has 1 heteroatoms. The molecule has 0 unspecified atom stereocenters. The van der Waals surface area contributed by atoms with Crippen molar-refractivity contribution in [2.75, 3.05) is 0 Å². The quantitative estimate of drug-likeness (QED) is 0.519. The largest absolute Gasteiger partial charge is 0.0606 e. The Balaban J connectivity index is 2.61. The van der Waals surface area contributed by atoms with E-state index in [0.717, 1.165) is 0 Å². The zero-order chi connectivity index (χ0) is 4.57. The van der Waals surface area contributed by atoms with Crippen molar-refractivity contribution in [2.45, 2.75) is 19.8 Å². The second-order valence-corrected chi connectivity index (χ2v) is 3.26. The summed E-state index contributed by atoms with van der Waals surface area (Å²) in [4.78, 5) is 0. The topological polar surface area (TPSA) is 0 Å². The maximum atomic E-state index is 2.37. The van der Waals surface area contributed by atoms with Gasteiger partial charge >= 0.3 is 0 Å². The fraction of sp³-hybridized carbons (Fsp3) is 0.600. The summed E-state index contributed by atoms with van der Waals surface area (Å²) in [5.74, 6) is 0. The fourth-order valence-electron chi connectivity index (χ4n) is 0.407. The molecule has 0 N–H and O–H groups in total. The van der Waals surface area contributed by atoms with Crippen molar-refractivity contribution in [1.29, 1.82) is 0 Å². The molecule has 0 bridgehead atoms. The van der Waals surface area contributed by atoms with E-state index in [9.17, 15) is 0 Å². The minimum absolute atomic E-state index is 1.37. The van der Waals surface area contributed by atoms with Crippen molar-refractivity contribution < 1.29 is 0 Å². The molecule has 0 aromatic heterocycles. The van der Waals surface area contributed by atoms with Crippen molar-refractivity contribution in [3.05, 3.63) is 9.15 Å². The summed E-state index contributed by atoms with van der Waals surface area (Å²) >= 11 is 2.37. The lowest BCUT2D eigenvalue weighted by Gasteiger charge is -1.73. The van der Waals surface area contributed by atoms with E-state index >= 15 is 0 Å². The molecule has 0 heterocycles. The van der Waals surface area contributed by atoms with Gasteiger partial charge in [0.25, 0.3) is 0 Å². The maximum absolute atomic E-state index is 2.37. The Morgan fingerprint density at radius 3 is 2.17 bits per heavy atom. The van der Waals surface area contributed by atoms with Crippen LogP contribution in [0.2, 0.25) is 0 Å². The highest BCUT2D eigenvalue weighted by Crippen LogP contribution is 2.33. The van der Waals surface area contributed by atoms with Crippen LogP contribution in [-0.2, 0) is 0 Å². The average Bonchev–Trinajstić information content (AvgIpc) is 2.06. The SMILES string of the molecule is CC(I)=C1CC1. The van der Waals surface area contributed by atoms with Gasteiger partial charge in [0.2, 0.25) is 0 Å². The molecule has 0 nitrogen and oxygen atoms in total. The highest BCUT2D eigenvalue weighted by Gasteiger charge is 2.11. The van der Waals surface area contributed by atoms with Crippen LogP contribution in [0.5, 0.6) is 0 Å². The number of hydrogen-bond acceptors (Lipinski definition) is 0. The third kappa shape index (κ3) is 0.965. The number of halogens is 1. The van der Waals surface area contributed by atoms with Crippen LogP contribution in [-0.4, -0.2) is 0 Å². The van der Waals surface area contributed by atoms with E-state index in [1.807, 2.05) is 0 Å². The van der Waals surface area contributed by atoms with Gasteiger partial charge in [0, 0.05) is 0 Å². The molecular formula is C5H7I. The second kappa shape index (κ2) is 1.52. The molecule has 34 valence electrons. The summed E-state index contributed by atoms with van der Waals surface area (Å²) in [5.41, 5.74) is 1.66. The van der Waals surface area contributed by atoms with Crippen molar-refractivity contribution in [3.63, 3.8) is 0 Å². The molecule has 1 rings (SSSR count). The van der Waals surface area contributed by atoms with Gasteiger partial charge in [-0.3, -0.25) is 0 Å². The maximum Gasteiger partial charge on any atom is -0.0133 e. The van der Waals surface area contributed by atoms with Gasteiger partial charge < -0.3 is 0 Å². The van der Waals surface area contributed by atoms with Gasteiger partial charge in [0.15, 0.2) is 0 Å². The van der Waals surface area contributed by atoms with Crippen LogP contribution in [0.4, 0.5) is 0 Å². The molecule has 0 aromatic carbocycles. The highest BCUT2D eigenvalue weighted by atomic mass is 127. The molecule has 0 atom stereocenters. The van der Waals surface area contributed by atoms with Gasteiger partial charge in [-0.05, 0) is 45.9 Å². The molecule has 0 saturated heterocycles. The summed E-state index contributed by atoms with van der Waals surface area (Å²) in [6.45, 7) is 2.17. The van der Waals surface area contributed by atoms with Gasteiger partial charge in [0.05, 0.1) is 0 Å². The molecule has 6 heavy (non-hydrogen) atoms. The number of hydrogen-bond donors (Lipinski definition) is 0. The molecule has 1 aliphatic rings. The molecule has 0 amide bonds. The van der Waals surface area contributed by atoms with Gasteiger partial charge in [0.1, 0.15) is 0 Å². The molecule has 0 aliphatic heterocycles.